The molecule has 1 N–H and O–H groups in total. The van der Waals surface area contributed by atoms with Crippen LogP contribution in [0, 0.1) is 0 Å². The molecule has 192 valence electrons. The van der Waals surface area contributed by atoms with Crippen LogP contribution in [0.25, 0.3) is 0 Å². The van der Waals surface area contributed by atoms with Gasteiger partial charge in [0, 0.05) is 45.3 Å². The van der Waals surface area contributed by atoms with Crippen molar-refractivity contribution in [1.82, 2.24) is 19.4 Å². The normalized spacial score (nSPS) is 21.7. The summed E-state index contributed by atoms with van der Waals surface area (Å²) in [5.41, 5.74) is 1.30. The molecule has 0 bridgehead atoms. The summed E-state index contributed by atoms with van der Waals surface area (Å²) in [6, 6.07) is 8.98. The molecular formula is C27H52N4OS. The van der Waals surface area contributed by atoms with E-state index in [1.165, 1.54) is 31.2 Å². The van der Waals surface area contributed by atoms with Crippen LogP contribution < -0.4 is 5.32 Å². The van der Waals surface area contributed by atoms with Gasteiger partial charge in [0.05, 0.1) is 4.90 Å². The number of rotatable bonds is 8. The van der Waals surface area contributed by atoms with Crippen molar-refractivity contribution in [3.8, 4) is 0 Å². The van der Waals surface area contributed by atoms with Gasteiger partial charge in [-0.1, -0.05) is 79.9 Å². The van der Waals surface area contributed by atoms with Gasteiger partial charge in [-0.15, -0.1) is 0 Å². The Morgan fingerprint density at radius 3 is 2.06 bits per heavy atom. The van der Waals surface area contributed by atoms with Crippen molar-refractivity contribution in [3.05, 3.63) is 29.8 Å². The summed E-state index contributed by atoms with van der Waals surface area (Å²) < 4.78 is 15.4. The van der Waals surface area contributed by atoms with Crippen LogP contribution in [-0.2, 0) is 11.0 Å². The van der Waals surface area contributed by atoms with Crippen molar-refractivity contribution in [2.24, 2.45) is 0 Å². The fraction of sp³-hybridized carbons (Fsp3) is 0.778. The van der Waals surface area contributed by atoms with Gasteiger partial charge in [0.2, 0.25) is 0 Å². The summed E-state index contributed by atoms with van der Waals surface area (Å²) in [5, 5.41) is 3.58. The largest absolute Gasteiger partial charge is 0.298 e. The number of piperazine rings is 1. The molecule has 2 aliphatic rings. The lowest BCUT2D eigenvalue weighted by Gasteiger charge is -2.42. The van der Waals surface area contributed by atoms with Crippen molar-refractivity contribution in [2.45, 2.75) is 104 Å². The molecule has 33 heavy (non-hydrogen) atoms. The van der Waals surface area contributed by atoms with Crippen molar-refractivity contribution >= 4 is 11.0 Å². The van der Waals surface area contributed by atoms with Gasteiger partial charge in [0.25, 0.3) is 0 Å². The van der Waals surface area contributed by atoms with E-state index in [9.17, 15) is 4.21 Å². The second kappa shape index (κ2) is 16.8. The van der Waals surface area contributed by atoms with Gasteiger partial charge >= 0.3 is 0 Å². The van der Waals surface area contributed by atoms with Crippen LogP contribution in [0.15, 0.2) is 29.2 Å². The Balaban J connectivity index is 0.00000101. The molecule has 2 fully saturated rings. The first-order valence-electron chi connectivity index (χ1n) is 13.4. The number of hydrogen-bond acceptors (Lipinski definition) is 4. The van der Waals surface area contributed by atoms with Crippen LogP contribution in [-0.4, -0.2) is 69.9 Å². The molecule has 6 heteroatoms. The van der Waals surface area contributed by atoms with E-state index in [1.54, 1.807) is 0 Å². The second-order valence-corrected chi connectivity index (χ2v) is 10.7. The standard InChI is InChI=1S/C22H38N4OS.C3H8.C2H6/c1-5-6-7-19(4)24-14-16-25(17-15-24)22-23-12-13-26(22)28(27)21-10-8-20(9-11-21)18(2)3;1-3-2;1-2/h8-11,18-19,22-23H,5-7,12-17H2,1-4H3;3H2,1-2H3;1-2H3. The highest BCUT2D eigenvalue weighted by atomic mass is 32.2. The molecule has 0 spiro atoms. The van der Waals surface area contributed by atoms with Gasteiger partial charge in [-0.05, 0) is 37.0 Å². The smallest absolute Gasteiger partial charge is 0.130 e. The molecule has 3 rings (SSSR count). The number of benzene rings is 1. The topological polar surface area (TPSA) is 38.8 Å². The minimum Gasteiger partial charge on any atom is -0.298 e. The minimum atomic E-state index is -1.12. The summed E-state index contributed by atoms with van der Waals surface area (Å²) in [4.78, 5) is 5.99. The first kappa shape index (κ1) is 30.2. The summed E-state index contributed by atoms with van der Waals surface area (Å²) in [7, 11) is -1.12. The molecule has 3 atom stereocenters. The third kappa shape index (κ3) is 9.41. The zero-order valence-electron chi connectivity index (χ0n) is 22.8. The minimum absolute atomic E-state index is 0.0821. The van der Waals surface area contributed by atoms with E-state index in [2.05, 4.69) is 73.1 Å². The predicted molar refractivity (Wildman–Crippen MR) is 145 cm³/mol. The Hall–Kier alpha value is -0.790. The quantitative estimate of drug-likeness (QED) is 0.521. The fourth-order valence-corrected chi connectivity index (χ4v) is 5.51. The molecule has 0 aromatic heterocycles. The van der Waals surface area contributed by atoms with Gasteiger partial charge in [-0.2, -0.15) is 4.31 Å². The van der Waals surface area contributed by atoms with Crippen LogP contribution in [0.1, 0.15) is 92.6 Å². The maximum absolute atomic E-state index is 13.2. The summed E-state index contributed by atoms with van der Waals surface area (Å²) >= 11 is 0. The van der Waals surface area contributed by atoms with E-state index >= 15 is 0 Å². The summed E-state index contributed by atoms with van der Waals surface area (Å²) in [6.45, 7) is 23.3. The predicted octanol–water partition coefficient (Wildman–Crippen LogP) is 5.66. The first-order chi connectivity index (χ1) is 15.9. The third-order valence-electron chi connectivity index (χ3n) is 6.19. The molecule has 2 aliphatic heterocycles. The van der Waals surface area contributed by atoms with Gasteiger partial charge < -0.3 is 0 Å². The molecule has 0 aliphatic carbocycles. The Labute approximate surface area is 207 Å². The average molecular weight is 481 g/mol. The lowest BCUT2D eigenvalue weighted by atomic mass is 10.0. The van der Waals surface area contributed by atoms with Crippen LogP contribution in [0.4, 0.5) is 0 Å². The molecular weight excluding hydrogens is 428 g/mol. The van der Waals surface area contributed by atoms with Crippen molar-refractivity contribution in [2.75, 3.05) is 39.3 Å². The lowest BCUT2D eigenvalue weighted by Crippen LogP contribution is -2.58. The zero-order chi connectivity index (χ0) is 24.8. The average Bonchev–Trinajstić information content (AvgIpc) is 3.34. The number of hydrogen-bond donors (Lipinski definition) is 1. The van der Waals surface area contributed by atoms with Crippen molar-refractivity contribution in [1.29, 1.82) is 0 Å². The Morgan fingerprint density at radius 2 is 1.55 bits per heavy atom. The van der Waals surface area contributed by atoms with Crippen molar-refractivity contribution in [3.63, 3.8) is 0 Å². The molecule has 2 heterocycles. The highest BCUT2D eigenvalue weighted by Gasteiger charge is 2.35. The third-order valence-corrected chi connectivity index (χ3v) is 7.67. The molecule has 0 saturated carbocycles. The Bertz CT molecular complexity index is 644. The molecule has 5 nitrogen and oxygen atoms in total. The monoisotopic (exact) mass is 480 g/mol. The highest BCUT2D eigenvalue weighted by Crippen LogP contribution is 2.22. The number of nitrogens with zero attached hydrogens (tertiary/aromatic N) is 3. The van der Waals surface area contributed by atoms with Crippen LogP contribution in [0.5, 0.6) is 0 Å². The molecule has 0 amide bonds. The summed E-state index contributed by atoms with van der Waals surface area (Å²) in [6.07, 6.45) is 5.21. The van der Waals surface area contributed by atoms with Gasteiger partial charge in [-0.25, -0.2) is 4.21 Å². The van der Waals surface area contributed by atoms with Gasteiger partial charge in [0.1, 0.15) is 17.3 Å². The summed E-state index contributed by atoms with van der Waals surface area (Å²) in [5.74, 6) is 0.500. The van der Waals surface area contributed by atoms with Crippen molar-refractivity contribution < 1.29 is 4.21 Å². The SMILES string of the molecule is CC.CCC.CCCCC(C)N1CCN(C2NCCN2S(=O)c2ccc(C(C)C)cc2)CC1. The van der Waals surface area contributed by atoms with Crippen LogP contribution in [0.2, 0.25) is 0 Å². The van der Waals surface area contributed by atoms with E-state index in [4.69, 9.17) is 0 Å². The second-order valence-electron chi connectivity index (χ2n) is 9.21. The van der Waals surface area contributed by atoms with Gasteiger partial charge in [0.15, 0.2) is 0 Å². The maximum atomic E-state index is 13.2. The molecule has 1 aromatic rings. The molecule has 1 aromatic carbocycles. The van der Waals surface area contributed by atoms with Crippen LogP contribution >= 0.6 is 0 Å². The Kier molecular flexibility index (Phi) is 15.4. The zero-order valence-corrected chi connectivity index (χ0v) is 23.6. The first-order valence-corrected chi connectivity index (χ1v) is 14.5. The molecule has 0 radical (unpaired) electrons. The maximum Gasteiger partial charge on any atom is 0.130 e. The van der Waals surface area contributed by atoms with E-state index in [0.717, 1.165) is 44.2 Å². The van der Waals surface area contributed by atoms with E-state index in [0.29, 0.717) is 12.0 Å². The van der Waals surface area contributed by atoms with E-state index in [-0.39, 0.29) is 6.29 Å². The van der Waals surface area contributed by atoms with Gasteiger partial charge in [-0.3, -0.25) is 15.1 Å². The Morgan fingerprint density at radius 1 is 0.970 bits per heavy atom. The molecule has 2 saturated heterocycles. The number of unbranched alkanes of at least 4 members (excludes halogenated alkanes) is 1. The number of nitrogens with one attached hydrogen (secondary N) is 1. The fourth-order valence-electron chi connectivity index (χ4n) is 4.22. The molecule has 3 unspecified atom stereocenters. The van der Waals surface area contributed by atoms with E-state index in [1.807, 2.05) is 26.0 Å². The lowest BCUT2D eigenvalue weighted by molar-refractivity contribution is 0.0366. The highest BCUT2D eigenvalue weighted by molar-refractivity contribution is 7.82. The van der Waals surface area contributed by atoms with E-state index < -0.39 is 11.0 Å². The van der Waals surface area contributed by atoms with Crippen LogP contribution in [0.3, 0.4) is 0 Å².